The molecular formula is C46H63IrN4O2-. The molecule has 1 aliphatic carbocycles. The summed E-state index contributed by atoms with van der Waals surface area (Å²) in [7, 11) is 1.68. The van der Waals surface area contributed by atoms with Gasteiger partial charge in [0.1, 0.15) is 11.6 Å². The van der Waals surface area contributed by atoms with Gasteiger partial charge in [-0.15, -0.1) is 29.3 Å². The fourth-order valence-corrected chi connectivity index (χ4v) is 7.71. The van der Waals surface area contributed by atoms with Gasteiger partial charge in [0.2, 0.25) is 0 Å². The Balaban J connectivity index is 0.00000627. The van der Waals surface area contributed by atoms with Gasteiger partial charge >= 0.3 is 0 Å². The van der Waals surface area contributed by atoms with Crippen LogP contribution in [0.4, 0.5) is 0 Å². The van der Waals surface area contributed by atoms with Crippen LogP contribution in [0.15, 0.2) is 54.7 Å². The van der Waals surface area contributed by atoms with Crippen LogP contribution in [0.1, 0.15) is 147 Å². The second kappa shape index (κ2) is 21.3. The van der Waals surface area contributed by atoms with Crippen LogP contribution in [-0.2, 0) is 46.8 Å². The zero-order valence-electron chi connectivity index (χ0n) is 33.4. The van der Waals surface area contributed by atoms with E-state index in [1.807, 2.05) is 6.20 Å². The van der Waals surface area contributed by atoms with Gasteiger partial charge in [-0.3, -0.25) is 0 Å². The molecule has 0 saturated carbocycles. The summed E-state index contributed by atoms with van der Waals surface area (Å²) < 4.78 is 10.8. The summed E-state index contributed by atoms with van der Waals surface area (Å²) in [6, 6.07) is 21.7. The molecule has 5 rings (SSSR count). The van der Waals surface area contributed by atoms with Crippen molar-refractivity contribution in [2.24, 2.45) is 0 Å². The molecule has 2 aromatic heterocycles. The summed E-state index contributed by atoms with van der Waals surface area (Å²) in [5, 5.41) is 0. The van der Waals surface area contributed by atoms with Gasteiger partial charge in [-0.05, 0) is 24.1 Å². The number of rotatable bonds is 22. The van der Waals surface area contributed by atoms with E-state index in [1.165, 1.54) is 112 Å². The minimum Gasteiger partial charge on any atom is -0.382 e. The van der Waals surface area contributed by atoms with Crippen molar-refractivity contribution in [3.8, 4) is 33.8 Å². The molecule has 2 aromatic carbocycles. The predicted octanol–water partition coefficient (Wildman–Crippen LogP) is 11.7. The van der Waals surface area contributed by atoms with Crippen LogP contribution < -0.4 is 0 Å². The van der Waals surface area contributed by atoms with E-state index in [4.69, 9.17) is 29.4 Å². The average molecular weight is 896 g/mol. The Hall–Kier alpha value is -2.83. The van der Waals surface area contributed by atoms with Crippen molar-refractivity contribution in [3.63, 3.8) is 0 Å². The minimum atomic E-state index is -0.217. The SMILES string of the molecule is CCCCCCCCC1(CCCCCCCC)c2ccccc2-c2c[c-]c(-c3ccc(-c4nc(CCOCCOC)nc(C(C)(C)C)n4)cn3)cc21.[Ir]. The number of nitrogens with zero attached hydrogens (tertiary/aromatic N) is 4. The Morgan fingerprint density at radius 3 is 2.04 bits per heavy atom. The summed E-state index contributed by atoms with van der Waals surface area (Å²) in [6.45, 7) is 12.7. The molecule has 0 bridgehead atoms. The van der Waals surface area contributed by atoms with Crippen molar-refractivity contribution in [1.82, 2.24) is 19.9 Å². The Morgan fingerprint density at radius 1 is 0.717 bits per heavy atom. The topological polar surface area (TPSA) is 70.0 Å². The molecule has 1 aliphatic rings. The van der Waals surface area contributed by atoms with Crippen LogP contribution in [0.2, 0.25) is 0 Å². The third-order valence-electron chi connectivity index (χ3n) is 10.7. The van der Waals surface area contributed by atoms with Gasteiger partial charge in [-0.1, -0.05) is 159 Å². The summed E-state index contributed by atoms with van der Waals surface area (Å²) in [6.07, 6.45) is 20.7. The van der Waals surface area contributed by atoms with E-state index in [9.17, 15) is 0 Å². The molecule has 4 aromatic rings. The quantitative estimate of drug-likeness (QED) is 0.0578. The molecule has 0 saturated heterocycles. The number of unbranched alkanes of at least 4 members (excludes halogenated alkanes) is 10. The first kappa shape index (κ1) is 42.9. The molecule has 0 amide bonds. The maximum atomic E-state index is 5.72. The number of aromatic nitrogens is 4. The van der Waals surface area contributed by atoms with Crippen molar-refractivity contribution < 1.29 is 29.6 Å². The monoisotopic (exact) mass is 896 g/mol. The molecule has 0 aliphatic heterocycles. The van der Waals surface area contributed by atoms with Crippen LogP contribution >= 0.6 is 0 Å². The smallest absolute Gasteiger partial charge is 0.164 e. The molecule has 0 atom stereocenters. The van der Waals surface area contributed by atoms with Crippen molar-refractivity contribution in [3.05, 3.63) is 83.6 Å². The van der Waals surface area contributed by atoms with Crippen LogP contribution in [-0.4, -0.2) is 46.9 Å². The summed E-state index contributed by atoms with van der Waals surface area (Å²) >= 11 is 0. The number of benzene rings is 2. The van der Waals surface area contributed by atoms with E-state index in [0.717, 1.165) is 28.5 Å². The fraction of sp³-hybridized carbons (Fsp3) is 0.565. The van der Waals surface area contributed by atoms with Gasteiger partial charge in [0.15, 0.2) is 5.82 Å². The molecule has 0 unspecified atom stereocenters. The van der Waals surface area contributed by atoms with Crippen molar-refractivity contribution >= 4 is 0 Å². The number of methoxy groups -OCH3 is 1. The Morgan fingerprint density at radius 2 is 1.40 bits per heavy atom. The number of hydrogen-bond acceptors (Lipinski definition) is 6. The first-order valence-electron chi connectivity index (χ1n) is 20.3. The van der Waals surface area contributed by atoms with Crippen LogP contribution in [0, 0.1) is 6.07 Å². The van der Waals surface area contributed by atoms with E-state index in [1.54, 1.807) is 7.11 Å². The number of ether oxygens (including phenoxy) is 2. The Kier molecular flexibility index (Phi) is 17.3. The second-order valence-corrected chi connectivity index (χ2v) is 15.8. The maximum absolute atomic E-state index is 5.72. The van der Waals surface area contributed by atoms with Gasteiger partial charge < -0.3 is 14.5 Å². The molecule has 289 valence electrons. The minimum absolute atomic E-state index is 0. The van der Waals surface area contributed by atoms with Gasteiger partial charge in [-0.25, -0.2) is 15.0 Å². The third kappa shape index (κ3) is 11.4. The van der Waals surface area contributed by atoms with Gasteiger partial charge in [-0.2, -0.15) is 0 Å². The summed E-state index contributed by atoms with van der Waals surface area (Å²) in [4.78, 5) is 19.5. The molecule has 53 heavy (non-hydrogen) atoms. The summed E-state index contributed by atoms with van der Waals surface area (Å²) in [5.74, 6) is 2.15. The van der Waals surface area contributed by atoms with Gasteiger partial charge in [0, 0.05) is 56.2 Å². The standard InChI is InChI=1S/C46H63N4O2.Ir/c1-7-9-11-13-15-19-28-46(29-20-16-14-12-10-8-2)39-22-18-17-21-37(39)38-25-23-35(33-40(38)46)41-26-24-36(34-47-41)43-48-42(27-30-52-32-31-51-6)49-44(50-43)45(3,4)5;/h17-18,21-22,24-26,33-34H,7-16,19-20,27-32H2,1-6H3;/q-1;. The number of fused-ring (bicyclic) bond motifs is 3. The molecule has 1 radical (unpaired) electrons. The van der Waals surface area contributed by atoms with Crippen molar-refractivity contribution in [2.75, 3.05) is 26.9 Å². The van der Waals surface area contributed by atoms with Crippen LogP contribution in [0.5, 0.6) is 0 Å². The number of pyridine rings is 1. The molecule has 0 spiro atoms. The van der Waals surface area contributed by atoms with Crippen LogP contribution in [0.25, 0.3) is 33.8 Å². The van der Waals surface area contributed by atoms with Gasteiger partial charge in [0.25, 0.3) is 0 Å². The first-order chi connectivity index (χ1) is 25.3. The Bertz CT molecular complexity index is 1670. The van der Waals surface area contributed by atoms with Crippen molar-refractivity contribution in [1.29, 1.82) is 0 Å². The molecule has 0 N–H and O–H groups in total. The van der Waals surface area contributed by atoms with E-state index >= 15 is 0 Å². The molecule has 6 nitrogen and oxygen atoms in total. The first-order valence-corrected chi connectivity index (χ1v) is 20.3. The molecule has 0 fully saturated rings. The maximum Gasteiger partial charge on any atom is 0.164 e. The number of hydrogen-bond donors (Lipinski definition) is 0. The molecular weight excluding hydrogens is 833 g/mol. The van der Waals surface area contributed by atoms with Crippen LogP contribution in [0.3, 0.4) is 0 Å². The van der Waals surface area contributed by atoms with Gasteiger partial charge in [0.05, 0.1) is 19.8 Å². The van der Waals surface area contributed by atoms with E-state index < -0.39 is 0 Å². The van der Waals surface area contributed by atoms with E-state index in [2.05, 4.69) is 89.2 Å². The van der Waals surface area contributed by atoms with E-state index in [0.29, 0.717) is 32.1 Å². The molecule has 7 heteroatoms. The third-order valence-corrected chi connectivity index (χ3v) is 10.7. The zero-order chi connectivity index (χ0) is 36.8. The normalized spacial score (nSPS) is 13.1. The Labute approximate surface area is 334 Å². The largest absolute Gasteiger partial charge is 0.382 e. The van der Waals surface area contributed by atoms with Crippen molar-refractivity contribution in [2.45, 2.75) is 142 Å². The molecule has 2 heterocycles. The fourth-order valence-electron chi connectivity index (χ4n) is 7.71. The zero-order valence-corrected chi connectivity index (χ0v) is 35.8. The predicted molar refractivity (Wildman–Crippen MR) is 215 cm³/mol. The second-order valence-electron chi connectivity index (χ2n) is 15.8. The van der Waals surface area contributed by atoms with E-state index in [-0.39, 0.29) is 30.9 Å². The summed E-state index contributed by atoms with van der Waals surface area (Å²) in [5.41, 5.74) is 8.41. The average Bonchev–Trinajstić information content (AvgIpc) is 3.43.